The molecule has 0 fully saturated rings. The van der Waals surface area contributed by atoms with E-state index in [1.807, 2.05) is 0 Å². The van der Waals surface area contributed by atoms with Crippen molar-refractivity contribution in [2.75, 3.05) is 17.3 Å². The molecule has 34 heavy (non-hydrogen) atoms. The Balaban J connectivity index is 1.86. The molecule has 0 saturated heterocycles. The number of ether oxygens (including phenoxy) is 1. The average molecular weight is 462 g/mol. The molecule has 4 aromatic rings. The average Bonchev–Trinajstić information content (AvgIpc) is 3.39. The smallest absolute Gasteiger partial charge is 0.294 e. The summed E-state index contributed by atoms with van der Waals surface area (Å²) < 4.78 is 38.9. The molecule has 0 radical (unpaired) electrons. The molecule has 0 aliphatic rings. The number of amides is 2. The second-order valence-corrected chi connectivity index (χ2v) is 7.27. The van der Waals surface area contributed by atoms with Gasteiger partial charge in [-0.15, -0.1) is 0 Å². The van der Waals surface area contributed by atoms with Crippen LogP contribution in [0.5, 0.6) is 5.75 Å². The summed E-state index contributed by atoms with van der Waals surface area (Å²) in [7, 11) is 1.47. The third-order valence-corrected chi connectivity index (χ3v) is 5.10. The molecule has 8 heteroatoms. The van der Waals surface area contributed by atoms with Crippen molar-refractivity contribution in [3.05, 3.63) is 114 Å². The van der Waals surface area contributed by atoms with Crippen molar-refractivity contribution >= 4 is 23.2 Å². The van der Waals surface area contributed by atoms with Crippen LogP contribution in [0.15, 0.2) is 95.6 Å². The number of benzene rings is 3. The van der Waals surface area contributed by atoms with Crippen LogP contribution >= 0.6 is 0 Å². The molecule has 1 atom stereocenters. The molecule has 0 unspecified atom stereocenters. The Labute approximate surface area is 194 Å². The highest BCUT2D eigenvalue weighted by atomic mass is 19.1. The molecule has 1 heterocycles. The summed E-state index contributed by atoms with van der Waals surface area (Å²) in [6.07, 6.45) is 1.33. The van der Waals surface area contributed by atoms with Crippen molar-refractivity contribution in [3.63, 3.8) is 0 Å². The van der Waals surface area contributed by atoms with Crippen molar-refractivity contribution in [2.45, 2.75) is 6.04 Å². The number of anilines is 2. The number of nitrogens with one attached hydrogen (secondary N) is 1. The number of furan rings is 1. The van der Waals surface area contributed by atoms with Crippen LogP contribution in [-0.4, -0.2) is 18.9 Å². The lowest BCUT2D eigenvalue weighted by Gasteiger charge is -2.31. The van der Waals surface area contributed by atoms with Gasteiger partial charge in [-0.25, -0.2) is 8.78 Å². The monoisotopic (exact) mass is 462 g/mol. The Hall–Kier alpha value is -4.46. The Morgan fingerprint density at radius 2 is 1.71 bits per heavy atom. The predicted octanol–water partition coefficient (Wildman–Crippen LogP) is 5.59. The summed E-state index contributed by atoms with van der Waals surface area (Å²) >= 11 is 0. The van der Waals surface area contributed by atoms with Gasteiger partial charge in [0.1, 0.15) is 23.4 Å². The Morgan fingerprint density at radius 1 is 0.941 bits per heavy atom. The Morgan fingerprint density at radius 3 is 2.38 bits per heavy atom. The molecule has 172 valence electrons. The van der Waals surface area contributed by atoms with Gasteiger partial charge in [-0.2, -0.15) is 0 Å². The lowest BCUT2D eigenvalue weighted by Crippen LogP contribution is -2.42. The maximum atomic E-state index is 15.0. The lowest BCUT2D eigenvalue weighted by atomic mass is 10.0. The number of halogens is 2. The van der Waals surface area contributed by atoms with E-state index in [9.17, 15) is 14.0 Å². The first kappa shape index (κ1) is 22.7. The number of hydrogen-bond acceptors (Lipinski definition) is 4. The van der Waals surface area contributed by atoms with Gasteiger partial charge in [-0.05, 0) is 54.6 Å². The summed E-state index contributed by atoms with van der Waals surface area (Å²) in [6.45, 7) is 0. The minimum atomic E-state index is -1.43. The molecule has 1 aromatic heterocycles. The zero-order chi connectivity index (χ0) is 24.1. The summed E-state index contributed by atoms with van der Waals surface area (Å²) in [6, 6.07) is 18.8. The number of rotatable bonds is 7. The number of methoxy groups -OCH3 is 1. The highest BCUT2D eigenvalue weighted by molar-refractivity contribution is 6.10. The van der Waals surface area contributed by atoms with Gasteiger partial charge in [0.2, 0.25) is 0 Å². The topological polar surface area (TPSA) is 71.8 Å². The van der Waals surface area contributed by atoms with Gasteiger partial charge in [0.05, 0.1) is 13.4 Å². The Kier molecular flexibility index (Phi) is 6.68. The maximum Gasteiger partial charge on any atom is 0.294 e. The van der Waals surface area contributed by atoms with E-state index in [4.69, 9.17) is 9.15 Å². The molecule has 0 saturated carbocycles. The van der Waals surface area contributed by atoms with Gasteiger partial charge in [0.25, 0.3) is 11.8 Å². The molecule has 2 amide bonds. The van der Waals surface area contributed by atoms with E-state index in [2.05, 4.69) is 5.32 Å². The van der Waals surface area contributed by atoms with E-state index in [1.54, 1.807) is 30.3 Å². The van der Waals surface area contributed by atoms with Gasteiger partial charge in [0, 0.05) is 23.0 Å². The molecular formula is C26H20F2N2O4. The fraction of sp³-hybridized carbons (Fsp3) is 0.0769. The van der Waals surface area contributed by atoms with E-state index in [0.29, 0.717) is 5.75 Å². The first-order valence-corrected chi connectivity index (χ1v) is 10.3. The molecule has 6 nitrogen and oxygen atoms in total. The summed E-state index contributed by atoms with van der Waals surface area (Å²) in [4.78, 5) is 28.3. The van der Waals surface area contributed by atoms with Gasteiger partial charge in [-0.3, -0.25) is 14.5 Å². The van der Waals surface area contributed by atoms with E-state index < -0.39 is 29.5 Å². The molecule has 1 N–H and O–H groups in total. The lowest BCUT2D eigenvalue weighted by molar-refractivity contribution is -0.117. The predicted molar refractivity (Wildman–Crippen MR) is 123 cm³/mol. The maximum absolute atomic E-state index is 15.0. The van der Waals surface area contributed by atoms with Gasteiger partial charge in [-0.1, -0.05) is 24.3 Å². The van der Waals surface area contributed by atoms with Crippen LogP contribution in [0.4, 0.5) is 20.2 Å². The second-order valence-electron chi connectivity index (χ2n) is 7.27. The SMILES string of the molecule is COc1cccc(N(C(=O)c2ccco2)[C@H](C(=O)Nc2ccc(F)cc2)c2ccccc2F)c1. The zero-order valence-electron chi connectivity index (χ0n) is 18.1. The van der Waals surface area contributed by atoms with E-state index in [0.717, 1.165) is 4.90 Å². The largest absolute Gasteiger partial charge is 0.497 e. The molecule has 0 bridgehead atoms. The van der Waals surface area contributed by atoms with Crippen molar-refractivity contribution in [3.8, 4) is 5.75 Å². The van der Waals surface area contributed by atoms with Crippen molar-refractivity contribution in [2.24, 2.45) is 0 Å². The van der Waals surface area contributed by atoms with Crippen LogP contribution < -0.4 is 15.0 Å². The molecule has 4 rings (SSSR count). The van der Waals surface area contributed by atoms with Crippen molar-refractivity contribution < 1.29 is 27.5 Å². The third-order valence-electron chi connectivity index (χ3n) is 5.10. The minimum Gasteiger partial charge on any atom is -0.497 e. The molecule has 0 aliphatic carbocycles. The number of hydrogen-bond donors (Lipinski definition) is 1. The quantitative estimate of drug-likeness (QED) is 0.389. The van der Waals surface area contributed by atoms with Crippen LogP contribution in [0, 0.1) is 11.6 Å². The molecular weight excluding hydrogens is 442 g/mol. The second kappa shape index (κ2) is 9.99. The van der Waals surface area contributed by atoms with E-state index >= 15 is 4.39 Å². The minimum absolute atomic E-state index is 0.0372. The van der Waals surface area contributed by atoms with Crippen molar-refractivity contribution in [1.29, 1.82) is 0 Å². The van der Waals surface area contributed by atoms with Crippen LogP contribution in [0.2, 0.25) is 0 Å². The van der Waals surface area contributed by atoms with Crippen LogP contribution in [0.1, 0.15) is 22.2 Å². The van der Waals surface area contributed by atoms with Crippen molar-refractivity contribution in [1.82, 2.24) is 0 Å². The first-order chi connectivity index (χ1) is 16.5. The van der Waals surface area contributed by atoms with Crippen LogP contribution in [-0.2, 0) is 4.79 Å². The highest BCUT2D eigenvalue weighted by Crippen LogP contribution is 2.33. The highest BCUT2D eigenvalue weighted by Gasteiger charge is 2.36. The zero-order valence-corrected chi connectivity index (χ0v) is 18.1. The first-order valence-electron chi connectivity index (χ1n) is 10.3. The van der Waals surface area contributed by atoms with E-state index in [-0.39, 0.29) is 22.7 Å². The molecule has 3 aromatic carbocycles. The normalized spacial score (nSPS) is 11.5. The summed E-state index contributed by atoms with van der Waals surface area (Å²) in [5.74, 6) is -2.14. The fourth-order valence-corrected chi connectivity index (χ4v) is 3.50. The van der Waals surface area contributed by atoms with E-state index in [1.165, 1.54) is 68.0 Å². The van der Waals surface area contributed by atoms with Crippen LogP contribution in [0.25, 0.3) is 0 Å². The summed E-state index contributed by atoms with van der Waals surface area (Å²) in [5, 5.41) is 2.65. The molecule has 0 spiro atoms. The number of carbonyl (C=O) groups excluding carboxylic acids is 2. The Bertz CT molecular complexity index is 1290. The fourth-order valence-electron chi connectivity index (χ4n) is 3.50. The number of carbonyl (C=O) groups is 2. The number of nitrogens with zero attached hydrogens (tertiary/aromatic N) is 1. The molecule has 0 aliphatic heterocycles. The summed E-state index contributed by atoms with van der Waals surface area (Å²) in [5.41, 5.74) is 0.525. The standard InChI is InChI=1S/C26H20F2N2O4/c1-33-20-7-4-6-19(16-20)30(26(32)23-10-5-15-34-23)24(21-8-2-3-9-22(21)28)25(31)29-18-13-11-17(27)12-14-18/h2-16,24H,1H3,(H,29,31)/t24-/m0/s1. The van der Waals surface area contributed by atoms with Gasteiger partial charge >= 0.3 is 0 Å². The van der Waals surface area contributed by atoms with Gasteiger partial charge in [0.15, 0.2) is 5.76 Å². The third kappa shape index (κ3) is 4.80. The van der Waals surface area contributed by atoms with Gasteiger partial charge < -0.3 is 14.5 Å². The van der Waals surface area contributed by atoms with Crippen LogP contribution in [0.3, 0.4) is 0 Å².